The summed E-state index contributed by atoms with van der Waals surface area (Å²) < 4.78 is 9.38. The number of rotatable bonds is 4. The van der Waals surface area contributed by atoms with Gasteiger partial charge in [0.2, 0.25) is 0 Å². The van der Waals surface area contributed by atoms with Crippen molar-refractivity contribution in [3.63, 3.8) is 0 Å². The van der Waals surface area contributed by atoms with E-state index in [9.17, 15) is 0 Å². The highest BCUT2D eigenvalue weighted by Crippen LogP contribution is 2.48. The molecule has 2 heterocycles. The quantitative estimate of drug-likeness (QED) is 0.162. The van der Waals surface area contributed by atoms with Crippen LogP contribution in [-0.2, 0) is 0 Å². The summed E-state index contributed by atoms with van der Waals surface area (Å²) in [5.74, 6) is 0. The fraction of sp³-hybridized carbons (Fsp3) is 0. The molecule has 0 aliphatic rings. The van der Waals surface area contributed by atoms with Gasteiger partial charge in [0.25, 0.3) is 0 Å². The van der Waals surface area contributed by atoms with Crippen LogP contribution >= 0.6 is 11.3 Å². The Labute approximate surface area is 350 Å². The van der Waals surface area contributed by atoms with E-state index in [0.29, 0.717) is 0 Å². The van der Waals surface area contributed by atoms with E-state index < -0.39 is 0 Å². The molecule has 0 saturated heterocycles. The van der Waals surface area contributed by atoms with E-state index in [2.05, 4.69) is 206 Å². The van der Waals surface area contributed by atoms with Crippen LogP contribution in [0, 0.1) is 0 Å². The normalized spacial score (nSPS) is 12.0. The highest BCUT2D eigenvalue weighted by molar-refractivity contribution is 7.25. The van der Waals surface area contributed by atoms with Gasteiger partial charge in [-0.2, -0.15) is 0 Å². The van der Waals surface area contributed by atoms with Crippen molar-refractivity contribution in [1.29, 1.82) is 0 Å². The highest BCUT2D eigenvalue weighted by Gasteiger charge is 2.21. The van der Waals surface area contributed by atoms with Crippen LogP contribution in [0.15, 0.2) is 211 Å². The molecule has 13 aromatic rings. The molecule has 0 unspecified atom stereocenters. The molecule has 11 aromatic carbocycles. The van der Waals surface area contributed by atoms with Crippen LogP contribution in [-0.4, -0.2) is 0 Å². The summed E-state index contributed by atoms with van der Waals surface area (Å²) in [5.41, 5.74) is 11.6. The van der Waals surface area contributed by atoms with Crippen molar-refractivity contribution in [3.8, 4) is 44.5 Å². The Hall–Kier alpha value is -7.52. The molecule has 2 heteroatoms. The van der Waals surface area contributed by atoms with Gasteiger partial charge >= 0.3 is 0 Å². The molecule has 278 valence electrons. The molecule has 0 atom stereocenters. The lowest BCUT2D eigenvalue weighted by Crippen LogP contribution is -1.91. The first kappa shape index (κ1) is 33.5. The minimum atomic E-state index is 0.890. The Kier molecular flexibility index (Phi) is 7.24. The van der Waals surface area contributed by atoms with Gasteiger partial charge in [-0.25, -0.2) is 0 Å². The number of hydrogen-bond donors (Lipinski definition) is 0. The lowest BCUT2D eigenvalue weighted by atomic mass is 9.85. The monoisotopic (exact) mass is 778 g/mol. The molecule has 0 radical (unpaired) electrons. The van der Waals surface area contributed by atoms with Gasteiger partial charge in [0.05, 0.1) is 0 Å². The number of furan rings is 1. The highest BCUT2D eigenvalue weighted by atomic mass is 32.1. The predicted octanol–water partition coefficient (Wildman–Crippen LogP) is 17.2. The second-order valence-electron chi connectivity index (χ2n) is 15.9. The fourth-order valence-corrected chi connectivity index (χ4v) is 11.2. The number of thiophene rings is 1. The average molecular weight is 779 g/mol. The summed E-state index contributed by atoms with van der Waals surface area (Å²) >= 11 is 1.87. The van der Waals surface area contributed by atoms with Crippen LogP contribution in [0.25, 0.3) is 130 Å². The second kappa shape index (κ2) is 13.0. The molecule has 0 aliphatic carbocycles. The molecule has 13 rings (SSSR count). The third-order valence-electron chi connectivity index (χ3n) is 12.6. The maximum Gasteiger partial charge on any atom is 0.136 e. The molecule has 0 bridgehead atoms. The molecule has 1 nitrogen and oxygen atoms in total. The largest absolute Gasteiger partial charge is 0.456 e. The lowest BCUT2D eigenvalue weighted by Gasteiger charge is -2.18. The SMILES string of the molecule is c1ccc(-c2c3ccccc3c(-c3ccc4c(c3)oc3ccc(-c5c6ccccc6c(-c6ccc7sc8ccccc8c7c6)c6ccccc56)cc34)c3ccccc23)cc1. The molecule has 0 amide bonds. The number of benzene rings is 11. The van der Waals surface area contributed by atoms with E-state index in [1.54, 1.807) is 0 Å². The lowest BCUT2D eigenvalue weighted by molar-refractivity contribution is 0.669. The Morgan fingerprint density at radius 3 is 1.18 bits per heavy atom. The zero-order valence-corrected chi connectivity index (χ0v) is 33.3. The second-order valence-corrected chi connectivity index (χ2v) is 17.0. The average Bonchev–Trinajstić information content (AvgIpc) is 3.87. The molecule has 60 heavy (non-hydrogen) atoms. The van der Waals surface area contributed by atoms with Crippen LogP contribution in [0.3, 0.4) is 0 Å². The fourth-order valence-electron chi connectivity index (χ4n) is 10.1. The molecule has 0 spiro atoms. The minimum Gasteiger partial charge on any atom is -0.456 e. The predicted molar refractivity (Wildman–Crippen MR) is 258 cm³/mol. The van der Waals surface area contributed by atoms with Gasteiger partial charge in [-0.15, -0.1) is 11.3 Å². The van der Waals surface area contributed by atoms with Gasteiger partial charge in [-0.1, -0.05) is 164 Å². The Bertz CT molecular complexity index is 3770. The first-order chi connectivity index (χ1) is 29.8. The zero-order valence-electron chi connectivity index (χ0n) is 32.4. The third kappa shape index (κ3) is 4.92. The van der Waals surface area contributed by atoms with Gasteiger partial charge in [-0.3, -0.25) is 0 Å². The van der Waals surface area contributed by atoms with E-state index in [1.807, 2.05) is 11.3 Å². The summed E-state index contributed by atoms with van der Waals surface area (Å²) in [5, 5.41) is 14.8. The van der Waals surface area contributed by atoms with Crippen LogP contribution in [0.4, 0.5) is 0 Å². The summed E-state index contributed by atoms with van der Waals surface area (Å²) in [6.07, 6.45) is 0. The molecule has 0 fully saturated rings. The Morgan fingerprint density at radius 1 is 0.233 bits per heavy atom. The van der Waals surface area contributed by atoms with Gasteiger partial charge in [0.1, 0.15) is 11.2 Å². The van der Waals surface area contributed by atoms with Gasteiger partial charge in [0, 0.05) is 30.9 Å². The maximum absolute atomic E-state index is 6.73. The zero-order chi connectivity index (χ0) is 39.3. The molecular formula is C58H34OS. The van der Waals surface area contributed by atoms with E-state index in [0.717, 1.165) is 27.5 Å². The summed E-state index contributed by atoms with van der Waals surface area (Å²) in [4.78, 5) is 0. The Balaban J connectivity index is 1.00. The van der Waals surface area contributed by atoms with Gasteiger partial charge < -0.3 is 4.42 Å². The standard InChI is InChI=1S/C58H34OS/c1-2-14-35(15-3-1)55-41-17-4-6-19-43(41)58(44-20-7-5-18-42(44)55)38-26-29-39-49-32-36(27-30-51(49)59-52(39)34-38)56-45-21-8-10-23-47(45)57(48-24-11-9-22-46(48)56)37-28-31-54-50(33-37)40-16-12-13-25-53(40)60-54/h1-34H. The van der Waals surface area contributed by atoms with Crippen molar-refractivity contribution in [1.82, 2.24) is 0 Å². The number of fused-ring (bicyclic) bond motifs is 10. The smallest absolute Gasteiger partial charge is 0.136 e. The summed E-state index contributed by atoms with van der Waals surface area (Å²) in [6, 6.07) is 75.6. The van der Waals surface area contributed by atoms with E-state index in [4.69, 9.17) is 4.42 Å². The van der Waals surface area contributed by atoms with E-state index in [-0.39, 0.29) is 0 Å². The van der Waals surface area contributed by atoms with Crippen molar-refractivity contribution >= 4 is 96.5 Å². The van der Waals surface area contributed by atoms with Crippen molar-refractivity contribution in [2.45, 2.75) is 0 Å². The third-order valence-corrected chi connectivity index (χ3v) is 13.8. The van der Waals surface area contributed by atoms with E-state index in [1.165, 1.54) is 102 Å². The molecular weight excluding hydrogens is 745 g/mol. The van der Waals surface area contributed by atoms with Gasteiger partial charge in [-0.05, 0) is 130 Å². The van der Waals surface area contributed by atoms with Crippen LogP contribution in [0.1, 0.15) is 0 Å². The van der Waals surface area contributed by atoms with Crippen molar-refractivity contribution in [2.24, 2.45) is 0 Å². The van der Waals surface area contributed by atoms with Crippen molar-refractivity contribution in [3.05, 3.63) is 206 Å². The first-order valence-corrected chi connectivity index (χ1v) is 21.4. The topological polar surface area (TPSA) is 13.1 Å². The maximum atomic E-state index is 6.73. The summed E-state index contributed by atoms with van der Waals surface area (Å²) in [7, 11) is 0. The summed E-state index contributed by atoms with van der Waals surface area (Å²) in [6.45, 7) is 0. The number of hydrogen-bond acceptors (Lipinski definition) is 2. The molecule has 0 aliphatic heterocycles. The molecule has 2 aromatic heterocycles. The Morgan fingerprint density at radius 2 is 0.633 bits per heavy atom. The minimum absolute atomic E-state index is 0.890. The van der Waals surface area contributed by atoms with Gasteiger partial charge in [0.15, 0.2) is 0 Å². The molecule has 0 N–H and O–H groups in total. The molecule has 0 saturated carbocycles. The first-order valence-electron chi connectivity index (χ1n) is 20.6. The van der Waals surface area contributed by atoms with E-state index >= 15 is 0 Å². The van der Waals surface area contributed by atoms with Crippen LogP contribution < -0.4 is 0 Å². The van der Waals surface area contributed by atoms with Crippen molar-refractivity contribution < 1.29 is 4.42 Å². The van der Waals surface area contributed by atoms with Crippen molar-refractivity contribution in [2.75, 3.05) is 0 Å². The van der Waals surface area contributed by atoms with Crippen LogP contribution in [0.5, 0.6) is 0 Å². The van der Waals surface area contributed by atoms with Crippen LogP contribution in [0.2, 0.25) is 0 Å².